The number of ether oxygens (including phenoxy) is 2. The van der Waals surface area contributed by atoms with Gasteiger partial charge in [-0.1, -0.05) is 11.6 Å². The van der Waals surface area contributed by atoms with E-state index in [1.54, 1.807) is 41.5 Å². The third kappa shape index (κ3) is 7.89. The molecule has 0 aliphatic rings. The molecule has 2 amide bonds. The molecule has 0 bridgehead atoms. The van der Waals surface area contributed by atoms with Gasteiger partial charge in [-0.25, -0.2) is 18.9 Å². The SMILES string of the molecule is CC(C)(C)OC(=O)N(CCC(C=O)c1cc(Cl)cc(F)c1N)C(=O)OC(C)(C)C. The van der Waals surface area contributed by atoms with Crippen molar-refractivity contribution in [3.05, 3.63) is 28.5 Å². The molecule has 162 valence electrons. The van der Waals surface area contributed by atoms with E-state index in [9.17, 15) is 18.8 Å². The zero-order chi connectivity index (χ0) is 22.6. The molecular formula is C20H28ClFN2O5. The molecule has 0 spiro atoms. The van der Waals surface area contributed by atoms with Crippen LogP contribution in [0.3, 0.4) is 0 Å². The maximum atomic E-state index is 13.9. The predicted octanol–water partition coefficient (Wildman–Crippen LogP) is 4.91. The Hall–Kier alpha value is -2.35. The van der Waals surface area contributed by atoms with E-state index in [0.717, 1.165) is 11.0 Å². The summed E-state index contributed by atoms with van der Waals surface area (Å²) in [6, 6.07) is 2.42. The van der Waals surface area contributed by atoms with Crippen LogP contribution in [0.15, 0.2) is 12.1 Å². The first-order valence-electron chi connectivity index (χ1n) is 9.08. The topological polar surface area (TPSA) is 98.9 Å². The van der Waals surface area contributed by atoms with Crippen LogP contribution in [0.25, 0.3) is 0 Å². The Balaban J connectivity index is 3.10. The molecule has 0 aromatic heterocycles. The van der Waals surface area contributed by atoms with Crippen molar-refractivity contribution in [2.24, 2.45) is 0 Å². The first-order chi connectivity index (χ1) is 13.1. The van der Waals surface area contributed by atoms with Crippen molar-refractivity contribution in [1.29, 1.82) is 0 Å². The van der Waals surface area contributed by atoms with E-state index < -0.39 is 35.1 Å². The summed E-state index contributed by atoms with van der Waals surface area (Å²) in [6.07, 6.45) is -1.29. The smallest absolute Gasteiger partial charge is 0.419 e. The standard InChI is InChI=1S/C20H28ClFN2O5/c1-19(2,3)28-17(26)24(18(27)29-20(4,5)6)8-7-12(11-25)14-9-13(21)10-15(22)16(14)23/h9-12H,7-8,23H2,1-6H3. The number of nitrogen functional groups attached to an aromatic ring is 1. The Morgan fingerprint density at radius 3 is 2.03 bits per heavy atom. The molecule has 1 aromatic carbocycles. The van der Waals surface area contributed by atoms with Crippen molar-refractivity contribution in [3.8, 4) is 0 Å². The van der Waals surface area contributed by atoms with Crippen LogP contribution in [0.4, 0.5) is 19.7 Å². The lowest BCUT2D eigenvalue weighted by atomic mass is 9.95. The van der Waals surface area contributed by atoms with E-state index in [4.69, 9.17) is 26.8 Å². The molecule has 1 aromatic rings. The Labute approximate surface area is 175 Å². The van der Waals surface area contributed by atoms with Crippen LogP contribution < -0.4 is 5.73 Å². The van der Waals surface area contributed by atoms with E-state index in [-0.39, 0.29) is 29.2 Å². The molecule has 0 radical (unpaired) electrons. The van der Waals surface area contributed by atoms with Gasteiger partial charge in [0, 0.05) is 17.5 Å². The number of amides is 2. The van der Waals surface area contributed by atoms with E-state index in [0.29, 0.717) is 6.29 Å². The molecule has 0 saturated heterocycles. The van der Waals surface area contributed by atoms with Crippen molar-refractivity contribution in [2.75, 3.05) is 12.3 Å². The third-order valence-electron chi connectivity index (χ3n) is 3.58. The lowest BCUT2D eigenvalue weighted by Gasteiger charge is -2.29. The van der Waals surface area contributed by atoms with Gasteiger partial charge in [-0.05, 0) is 65.7 Å². The van der Waals surface area contributed by atoms with E-state index in [1.807, 2.05) is 0 Å². The molecule has 1 atom stereocenters. The zero-order valence-corrected chi connectivity index (χ0v) is 18.3. The number of carbonyl (C=O) groups is 3. The minimum atomic E-state index is -0.915. The van der Waals surface area contributed by atoms with Crippen LogP contribution in [-0.2, 0) is 14.3 Å². The molecule has 0 aliphatic carbocycles. The monoisotopic (exact) mass is 430 g/mol. The number of nitrogens with zero attached hydrogens (tertiary/aromatic N) is 1. The van der Waals surface area contributed by atoms with Gasteiger partial charge in [0.25, 0.3) is 0 Å². The first-order valence-corrected chi connectivity index (χ1v) is 9.45. The lowest BCUT2D eigenvalue weighted by molar-refractivity contribution is -0.109. The van der Waals surface area contributed by atoms with Crippen molar-refractivity contribution < 1.29 is 28.2 Å². The quantitative estimate of drug-likeness (QED) is 0.526. The highest BCUT2D eigenvalue weighted by Crippen LogP contribution is 2.30. The Kier molecular flexibility index (Phi) is 8.03. The van der Waals surface area contributed by atoms with Gasteiger partial charge in [0.15, 0.2) is 0 Å². The first kappa shape index (κ1) is 24.7. The van der Waals surface area contributed by atoms with Crippen molar-refractivity contribution in [1.82, 2.24) is 4.90 Å². The summed E-state index contributed by atoms with van der Waals surface area (Å²) >= 11 is 5.86. The average Bonchev–Trinajstić information content (AvgIpc) is 2.51. The summed E-state index contributed by atoms with van der Waals surface area (Å²) in [5.74, 6) is -1.65. The Bertz CT molecular complexity index is 743. The highest BCUT2D eigenvalue weighted by Gasteiger charge is 2.32. The van der Waals surface area contributed by atoms with E-state index in [1.165, 1.54) is 6.07 Å². The summed E-state index contributed by atoms with van der Waals surface area (Å²) in [4.78, 5) is 37.4. The molecule has 0 fully saturated rings. The molecule has 9 heteroatoms. The lowest BCUT2D eigenvalue weighted by Crippen LogP contribution is -2.44. The van der Waals surface area contributed by atoms with Crippen molar-refractivity contribution in [3.63, 3.8) is 0 Å². The van der Waals surface area contributed by atoms with Crippen LogP contribution in [0.5, 0.6) is 0 Å². The molecular weight excluding hydrogens is 403 g/mol. The molecule has 0 aliphatic heterocycles. The van der Waals surface area contributed by atoms with Gasteiger partial charge in [-0.2, -0.15) is 0 Å². The Morgan fingerprint density at radius 2 is 1.62 bits per heavy atom. The van der Waals surface area contributed by atoms with Crippen LogP contribution >= 0.6 is 11.6 Å². The second-order valence-corrected chi connectivity index (χ2v) is 8.97. The van der Waals surface area contributed by atoms with Gasteiger partial charge >= 0.3 is 12.2 Å². The number of hydrogen-bond donors (Lipinski definition) is 1. The molecule has 1 unspecified atom stereocenters. The summed E-state index contributed by atoms with van der Waals surface area (Å²) in [6.45, 7) is 9.72. The van der Waals surface area contributed by atoms with Crippen molar-refractivity contribution in [2.45, 2.75) is 65.1 Å². The van der Waals surface area contributed by atoms with Crippen molar-refractivity contribution >= 4 is 35.8 Å². The van der Waals surface area contributed by atoms with Gasteiger partial charge in [0.05, 0.1) is 5.69 Å². The fourth-order valence-electron chi connectivity index (χ4n) is 2.37. The number of benzene rings is 1. The summed E-state index contributed by atoms with van der Waals surface area (Å²) < 4.78 is 24.4. The predicted molar refractivity (Wildman–Crippen MR) is 108 cm³/mol. The van der Waals surface area contributed by atoms with Gasteiger partial charge in [0.1, 0.15) is 23.3 Å². The Morgan fingerprint density at radius 1 is 1.14 bits per heavy atom. The number of anilines is 1. The normalized spacial score (nSPS) is 12.8. The molecule has 0 heterocycles. The number of imide groups is 1. The fourth-order valence-corrected chi connectivity index (χ4v) is 2.58. The minimum Gasteiger partial charge on any atom is -0.443 e. The third-order valence-corrected chi connectivity index (χ3v) is 3.80. The number of hydrogen-bond acceptors (Lipinski definition) is 6. The molecule has 7 nitrogen and oxygen atoms in total. The maximum absolute atomic E-state index is 13.9. The average molecular weight is 431 g/mol. The number of rotatable bonds is 5. The van der Waals surface area contributed by atoms with Crippen LogP contribution in [0, 0.1) is 5.82 Å². The molecule has 0 saturated carbocycles. The van der Waals surface area contributed by atoms with Crippen LogP contribution in [0.2, 0.25) is 5.02 Å². The number of nitrogens with two attached hydrogens (primary N) is 1. The number of carbonyl (C=O) groups excluding carboxylic acids is 3. The highest BCUT2D eigenvalue weighted by molar-refractivity contribution is 6.30. The molecule has 2 N–H and O–H groups in total. The van der Waals surface area contributed by atoms with Crippen LogP contribution in [0.1, 0.15) is 59.4 Å². The van der Waals surface area contributed by atoms with E-state index >= 15 is 0 Å². The van der Waals surface area contributed by atoms with E-state index in [2.05, 4.69) is 0 Å². The second kappa shape index (κ2) is 9.43. The van der Waals surface area contributed by atoms with Gasteiger partial charge in [0.2, 0.25) is 0 Å². The minimum absolute atomic E-state index is 0.0219. The molecule has 1 rings (SSSR count). The summed E-state index contributed by atoms with van der Waals surface area (Å²) in [7, 11) is 0. The highest BCUT2D eigenvalue weighted by atomic mass is 35.5. The number of aldehydes is 1. The largest absolute Gasteiger partial charge is 0.443 e. The van der Waals surface area contributed by atoms with Crippen LogP contribution in [-0.4, -0.2) is 41.1 Å². The summed E-state index contributed by atoms with van der Waals surface area (Å²) in [5.41, 5.74) is 4.00. The second-order valence-electron chi connectivity index (χ2n) is 8.53. The molecule has 29 heavy (non-hydrogen) atoms. The fraction of sp³-hybridized carbons (Fsp3) is 0.550. The number of halogens is 2. The zero-order valence-electron chi connectivity index (χ0n) is 17.5. The summed E-state index contributed by atoms with van der Waals surface area (Å²) in [5, 5.41) is 0.0784. The van der Waals surface area contributed by atoms with Gasteiger partial charge in [-0.3, -0.25) is 0 Å². The van der Waals surface area contributed by atoms with Gasteiger partial charge in [-0.15, -0.1) is 0 Å². The maximum Gasteiger partial charge on any atom is 0.419 e. The van der Waals surface area contributed by atoms with Gasteiger partial charge < -0.3 is 20.0 Å².